The molecule has 3 heteroatoms. The van der Waals surface area contributed by atoms with Crippen molar-refractivity contribution in [1.29, 1.82) is 0 Å². The molecule has 0 spiro atoms. The van der Waals surface area contributed by atoms with Crippen LogP contribution in [0.1, 0.15) is 12.0 Å². The van der Waals surface area contributed by atoms with Crippen LogP contribution in [0.2, 0.25) is 10.0 Å². The van der Waals surface area contributed by atoms with Gasteiger partial charge in [0.05, 0.1) is 6.42 Å². The number of rotatable bonds is 3. The Morgan fingerprint density at radius 2 is 2.14 bits per heavy atom. The second-order valence-electron chi connectivity index (χ2n) is 2.83. The van der Waals surface area contributed by atoms with E-state index in [2.05, 4.69) is 5.92 Å². The summed E-state index contributed by atoms with van der Waals surface area (Å²) < 4.78 is 0. The van der Waals surface area contributed by atoms with Crippen molar-refractivity contribution in [3.63, 3.8) is 0 Å². The molecule has 0 aliphatic carbocycles. The summed E-state index contributed by atoms with van der Waals surface area (Å²) in [7, 11) is 0. The highest BCUT2D eigenvalue weighted by molar-refractivity contribution is 6.35. The van der Waals surface area contributed by atoms with Crippen LogP contribution in [0.4, 0.5) is 0 Å². The summed E-state index contributed by atoms with van der Waals surface area (Å²) >= 11 is 11.6. The molecule has 0 saturated heterocycles. The maximum atomic E-state index is 11.2. The summed E-state index contributed by atoms with van der Waals surface area (Å²) in [6.45, 7) is 0. The van der Waals surface area contributed by atoms with Crippen molar-refractivity contribution in [2.45, 2.75) is 12.8 Å². The molecule has 0 aliphatic rings. The Morgan fingerprint density at radius 3 is 2.71 bits per heavy atom. The van der Waals surface area contributed by atoms with E-state index in [1.54, 1.807) is 18.2 Å². The molecule has 0 unspecified atom stereocenters. The number of ketones is 1. The van der Waals surface area contributed by atoms with Gasteiger partial charge in [-0.15, -0.1) is 6.42 Å². The van der Waals surface area contributed by atoms with E-state index in [-0.39, 0.29) is 18.6 Å². The van der Waals surface area contributed by atoms with Gasteiger partial charge in [-0.1, -0.05) is 35.2 Å². The third-order valence-corrected chi connectivity index (χ3v) is 2.29. The van der Waals surface area contributed by atoms with Crippen molar-refractivity contribution >= 4 is 29.0 Å². The molecule has 0 amide bonds. The van der Waals surface area contributed by atoms with Crippen molar-refractivity contribution in [2.75, 3.05) is 0 Å². The van der Waals surface area contributed by atoms with Gasteiger partial charge in [0.25, 0.3) is 0 Å². The lowest BCUT2D eigenvalue weighted by Crippen LogP contribution is -2.01. The Balaban J connectivity index is 2.78. The Hall–Kier alpha value is -0.970. The summed E-state index contributed by atoms with van der Waals surface area (Å²) in [5.41, 5.74) is 0.760. The fraction of sp³-hybridized carbons (Fsp3) is 0.182. The molecule has 0 fully saturated rings. The fourth-order valence-corrected chi connectivity index (χ4v) is 1.53. The molecule has 0 atom stereocenters. The predicted molar refractivity (Wildman–Crippen MR) is 58.6 cm³/mol. The maximum Gasteiger partial charge on any atom is 0.149 e. The third-order valence-electron chi connectivity index (χ3n) is 1.70. The van der Waals surface area contributed by atoms with Crippen LogP contribution in [0.25, 0.3) is 0 Å². The topological polar surface area (TPSA) is 17.1 Å². The first-order valence-electron chi connectivity index (χ1n) is 4.02. The van der Waals surface area contributed by atoms with Gasteiger partial charge in [-0.25, -0.2) is 0 Å². The second-order valence-corrected chi connectivity index (χ2v) is 3.68. The van der Waals surface area contributed by atoms with Crippen molar-refractivity contribution in [3.8, 4) is 12.3 Å². The smallest absolute Gasteiger partial charge is 0.149 e. The number of Topliss-reactive ketones (excluding diaryl/α,β-unsaturated/α-hetero) is 1. The van der Waals surface area contributed by atoms with Crippen molar-refractivity contribution in [2.24, 2.45) is 0 Å². The molecule has 0 aromatic heterocycles. The number of benzene rings is 1. The summed E-state index contributed by atoms with van der Waals surface area (Å²) in [6, 6.07) is 5.05. The van der Waals surface area contributed by atoms with Gasteiger partial charge in [-0.2, -0.15) is 0 Å². The van der Waals surface area contributed by atoms with Crippen LogP contribution in [-0.2, 0) is 11.2 Å². The molecule has 72 valence electrons. The van der Waals surface area contributed by atoms with Gasteiger partial charge in [0, 0.05) is 16.5 Å². The lowest BCUT2D eigenvalue weighted by atomic mass is 10.1. The molecule has 1 aromatic carbocycles. The number of halogens is 2. The van der Waals surface area contributed by atoms with Crippen LogP contribution in [0.15, 0.2) is 18.2 Å². The zero-order chi connectivity index (χ0) is 10.6. The monoisotopic (exact) mass is 226 g/mol. The number of terminal acetylenes is 1. The molecule has 1 nitrogen and oxygen atoms in total. The van der Waals surface area contributed by atoms with Crippen LogP contribution < -0.4 is 0 Å². The Labute approximate surface area is 93.0 Å². The van der Waals surface area contributed by atoms with Crippen molar-refractivity contribution in [1.82, 2.24) is 0 Å². The lowest BCUT2D eigenvalue weighted by molar-refractivity contribution is -0.117. The van der Waals surface area contributed by atoms with E-state index in [0.29, 0.717) is 10.0 Å². The average Bonchev–Trinajstić information content (AvgIpc) is 2.10. The van der Waals surface area contributed by atoms with Gasteiger partial charge < -0.3 is 0 Å². The molecule has 0 heterocycles. The first kappa shape index (κ1) is 11.1. The zero-order valence-electron chi connectivity index (χ0n) is 7.39. The van der Waals surface area contributed by atoms with E-state index in [1.165, 1.54) is 0 Å². The van der Waals surface area contributed by atoms with Gasteiger partial charge in [0.15, 0.2) is 0 Å². The van der Waals surface area contributed by atoms with E-state index in [9.17, 15) is 4.79 Å². The van der Waals surface area contributed by atoms with Gasteiger partial charge in [0.2, 0.25) is 0 Å². The Bertz CT molecular complexity index is 391. The van der Waals surface area contributed by atoms with Crippen LogP contribution >= 0.6 is 23.2 Å². The predicted octanol–water partition coefficient (Wildman–Crippen LogP) is 3.13. The molecule has 0 N–H and O–H groups in total. The number of carbonyl (C=O) groups is 1. The van der Waals surface area contributed by atoms with E-state index in [0.717, 1.165) is 5.56 Å². The highest BCUT2D eigenvalue weighted by Gasteiger charge is 2.06. The summed E-state index contributed by atoms with van der Waals surface area (Å²) in [4.78, 5) is 11.2. The first-order chi connectivity index (χ1) is 6.63. The van der Waals surface area contributed by atoms with Crippen molar-refractivity contribution in [3.05, 3.63) is 33.8 Å². The molecular formula is C11H8Cl2O. The van der Waals surface area contributed by atoms with E-state index < -0.39 is 0 Å². The molecule has 0 bridgehead atoms. The normalized spacial score (nSPS) is 9.50. The van der Waals surface area contributed by atoms with Crippen LogP contribution in [-0.4, -0.2) is 5.78 Å². The third kappa shape index (κ3) is 3.06. The molecule has 1 rings (SSSR count). The summed E-state index contributed by atoms with van der Waals surface area (Å²) in [5, 5.41) is 1.06. The van der Waals surface area contributed by atoms with Crippen LogP contribution in [0.5, 0.6) is 0 Å². The first-order valence-corrected chi connectivity index (χ1v) is 4.78. The maximum absolute atomic E-state index is 11.2. The zero-order valence-corrected chi connectivity index (χ0v) is 8.90. The second kappa shape index (κ2) is 5.05. The van der Waals surface area contributed by atoms with E-state index >= 15 is 0 Å². The van der Waals surface area contributed by atoms with E-state index in [1.807, 2.05) is 0 Å². The largest absolute Gasteiger partial charge is 0.298 e. The average molecular weight is 227 g/mol. The number of hydrogen-bond donors (Lipinski definition) is 0. The Kier molecular flexibility index (Phi) is 4.00. The van der Waals surface area contributed by atoms with Crippen molar-refractivity contribution < 1.29 is 4.79 Å². The number of hydrogen-bond acceptors (Lipinski definition) is 1. The van der Waals surface area contributed by atoms with Gasteiger partial charge in [-0.05, 0) is 17.7 Å². The molecule has 1 aromatic rings. The quantitative estimate of drug-likeness (QED) is 0.725. The molecule has 14 heavy (non-hydrogen) atoms. The minimum absolute atomic E-state index is 0.0169. The SMILES string of the molecule is C#CCC(=O)Cc1ccc(Cl)cc1Cl. The highest BCUT2D eigenvalue weighted by Crippen LogP contribution is 2.21. The molecule has 0 aliphatic heterocycles. The summed E-state index contributed by atoms with van der Waals surface area (Å²) in [5.74, 6) is 2.28. The fourth-order valence-electron chi connectivity index (χ4n) is 1.05. The molecule has 0 saturated carbocycles. The van der Waals surface area contributed by atoms with Crippen LogP contribution in [0, 0.1) is 12.3 Å². The molecular weight excluding hydrogens is 219 g/mol. The standard InChI is InChI=1S/C11H8Cl2O/c1-2-3-10(14)6-8-4-5-9(12)7-11(8)13/h1,4-5,7H,3,6H2. The van der Waals surface area contributed by atoms with Crippen LogP contribution in [0.3, 0.4) is 0 Å². The lowest BCUT2D eigenvalue weighted by Gasteiger charge is -2.02. The summed E-state index contributed by atoms with van der Waals surface area (Å²) in [6.07, 6.45) is 5.42. The highest BCUT2D eigenvalue weighted by atomic mass is 35.5. The van der Waals surface area contributed by atoms with E-state index in [4.69, 9.17) is 29.6 Å². The minimum atomic E-state index is -0.0169. The van der Waals surface area contributed by atoms with Gasteiger partial charge in [-0.3, -0.25) is 4.79 Å². The number of carbonyl (C=O) groups excluding carboxylic acids is 1. The minimum Gasteiger partial charge on any atom is -0.298 e. The molecule has 0 radical (unpaired) electrons. The Morgan fingerprint density at radius 1 is 1.43 bits per heavy atom. The van der Waals surface area contributed by atoms with Gasteiger partial charge in [0.1, 0.15) is 5.78 Å². The van der Waals surface area contributed by atoms with Gasteiger partial charge >= 0.3 is 0 Å².